The van der Waals surface area contributed by atoms with Crippen molar-refractivity contribution in [2.45, 2.75) is 78.5 Å². The molecule has 3 heterocycles. The number of pyridine rings is 3. The van der Waals surface area contributed by atoms with E-state index in [1.54, 1.807) is 0 Å². The zero-order chi connectivity index (χ0) is 30.5. The number of hydrogen-bond donors (Lipinski definition) is 5. The summed E-state index contributed by atoms with van der Waals surface area (Å²) in [5.74, 6) is -1.01. The van der Waals surface area contributed by atoms with Crippen LogP contribution in [-0.4, -0.2) is 32.1 Å². The normalized spacial score (nSPS) is 9.82. The zero-order valence-corrected chi connectivity index (χ0v) is 25.0. The van der Waals surface area contributed by atoms with Crippen molar-refractivity contribution in [3.63, 3.8) is 0 Å². The minimum atomic E-state index is -1.10. The van der Waals surface area contributed by atoms with Crippen molar-refractivity contribution in [2.75, 3.05) is 17.2 Å². The van der Waals surface area contributed by atoms with Crippen molar-refractivity contribution in [3.8, 4) is 0 Å². The molecule has 0 radical (unpaired) electrons. The van der Waals surface area contributed by atoms with E-state index in [1.807, 2.05) is 6.92 Å². The fourth-order valence-electron chi connectivity index (χ4n) is 2.84. The molecule has 0 amide bonds. The molecular weight excluding hydrogens is 588 g/mol. The average molecular weight is 629 g/mol. The first-order valence-corrected chi connectivity index (χ1v) is 14.0. The molecule has 8 N–H and O–H groups in total. The quantitative estimate of drug-likeness (QED) is 0.140. The van der Waals surface area contributed by atoms with Crippen LogP contribution in [-0.2, 0) is 12.8 Å². The van der Waals surface area contributed by atoms with E-state index in [2.05, 4.69) is 44.7 Å². The maximum Gasteiger partial charge on any atom is 0.451 e. The van der Waals surface area contributed by atoms with Gasteiger partial charge in [-0.05, 0) is 47.9 Å². The first-order chi connectivity index (χ1) is 18.9. The van der Waals surface area contributed by atoms with Crippen molar-refractivity contribution >= 4 is 40.1 Å². The van der Waals surface area contributed by atoms with Crippen molar-refractivity contribution < 1.29 is 23.2 Å². The van der Waals surface area contributed by atoms with Crippen molar-refractivity contribution in [2.24, 2.45) is 0 Å². The molecule has 0 unspecified atom stereocenters. The third-order valence-corrected chi connectivity index (χ3v) is 5.63. The number of nitrogen functional groups attached to an aromatic ring is 3. The summed E-state index contributed by atoms with van der Waals surface area (Å²) in [6, 6.07) is 3.84. The number of hydrogen-bond acceptors (Lipinski definition) is 8. The van der Waals surface area contributed by atoms with Crippen molar-refractivity contribution in [1.82, 2.24) is 15.0 Å². The Morgan fingerprint density at radius 1 is 0.675 bits per heavy atom. The van der Waals surface area contributed by atoms with Gasteiger partial charge in [0.25, 0.3) is 0 Å². The minimum absolute atomic E-state index is 0.191. The number of nitrogens with two attached hydrogens (primary N) is 3. The van der Waals surface area contributed by atoms with Crippen LogP contribution in [0.15, 0.2) is 41.4 Å². The van der Waals surface area contributed by atoms with Crippen LogP contribution in [0, 0.1) is 17.5 Å². The van der Waals surface area contributed by atoms with Gasteiger partial charge in [0.15, 0.2) is 5.82 Å². The van der Waals surface area contributed by atoms with Gasteiger partial charge in [0, 0.05) is 18.2 Å². The lowest BCUT2D eigenvalue weighted by atomic mass is 9.84. The summed E-state index contributed by atoms with van der Waals surface area (Å²) in [6.45, 7) is 6.15. The Morgan fingerprint density at radius 2 is 1.05 bits per heavy atom. The second-order valence-corrected chi connectivity index (χ2v) is 9.52. The fourth-order valence-corrected chi connectivity index (χ4v) is 3.06. The van der Waals surface area contributed by atoms with Crippen LogP contribution in [0.1, 0.15) is 70.7 Å². The number of nitrogens with zero attached hydrogens (tertiary/aromatic N) is 3. The second-order valence-electron chi connectivity index (χ2n) is 8.77. The average Bonchev–Trinajstić information content (AvgIpc) is 2.90. The molecular formula is C27H41BBrF3N6O2. The van der Waals surface area contributed by atoms with Crippen LogP contribution in [0.3, 0.4) is 0 Å². The Labute approximate surface area is 243 Å². The summed E-state index contributed by atoms with van der Waals surface area (Å²) in [5, 5.41) is 16.5. The van der Waals surface area contributed by atoms with Gasteiger partial charge in [0.2, 0.25) is 0 Å². The molecule has 0 atom stereocenters. The summed E-state index contributed by atoms with van der Waals surface area (Å²) < 4.78 is 38.6. The van der Waals surface area contributed by atoms with Gasteiger partial charge in [-0.1, -0.05) is 46.5 Å². The first-order valence-electron chi connectivity index (χ1n) is 13.2. The molecule has 0 aliphatic rings. The van der Waals surface area contributed by atoms with Gasteiger partial charge in [0.05, 0.1) is 47.0 Å². The first kappa shape index (κ1) is 37.1. The lowest BCUT2D eigenvalue weighted by Gasteiger charge is -2.00. The van der Waals surface area contributed by atoms with E-state index in [9.17, 15) is 13.2 Å². The van der Waals surface area contributed by atoms with E-state index in [1.165, 1.54) is 36.8 Å². The molecule has 0 saturated carbocycles. The molecule has 3 aromatic rings. The summed E-state index contributed by atoms with van der Waals surface area (Å²) >= 11 is 2.89. The molecule has 3 aromatic heterocycles. The maximum atomic E-state index is 13.0. The second kappa shape index (κ2) is 21.9. The van der Waals surface area contributed by atoms with E-state index in [-0.39, 0.29) is 16.2 Å². The molecule has 0 bridgehead atoms. The Kier molecular flexibility index (Phi) is 20.3. The molecule has 8 nitrogen and oxygen atoms in total. The topological polar surface area (TPSA) is 157 Å². The smallest absolute Gasteiger partial charge is 0.427 e. The van der Waals surface area contributed by atoms with Crippen LogP contribution >= 0.6 is 15.9 Å². The van der Waals surface area contributed by atoms with E-state index in [0.29, 0.717) is 47.6 Å². The van der Waals surface area contributed by atoms with Gasteiger partial charge in [-0.15, -0.1) is 0 Å². The van der Waals surface area contributed by atoms with Crippen LogP contribution in [0.5, 0.6) is 0 Å². The highest BCUT2D eigenvalue weighted by Gasteiger charge is 2.04. The predicted molar refractivity (Wildman–Crippen MR) is 161 cm³/mol. The molecule has 3 rings (SSSR count). The van der Waals surface area contributed by atoms with Gasteiger partial charge >= 0.3 is 7.12 Å². The number of aryl methyl sites for hydroxylation is 2. The summed E-state index contributed by atoms with van der Waals surface area (Å²) in [5.41, 5.74) is 18.0. The molecule has 0 aliphatic carbocycles. The lowest BCUT2D eigenvalue weighted by Crippen LogP contribution is -2.08. The molecule has 13 heteroatoms. The Morgan fingerprint density at radius 3 is 1.32 bits per heavy atom. The fraction of sp³-hybridized carbons (Fsp3) is 0.444. The van der Waals surface area contributed by atoms with Crippen LogP contribution in [0.4, 0.5) is 30.2 Å². The van der Waals surface area contributed by atoms with Crippen molar-refractivity contribution in [1.29, 1.82) is 0 Å². The largest absolute Gasteiger partial charge is 0.451 e. The summed E-state index contributed by atoms with van der Waals surface area (Å²) in [4.78, 5) is 11.4. The zero-order valence-electron chi connectivity index (χ0n) is 23.4. The van der Waals surface area contributed by atoms with Gasteiger partial charge in [-0.2, -0.15) is 0 Å². The van der Waals surface area contributed by atoms with E-state index in [4.69, 9.17) is 27.2 Å². The SMILES string of the molecule is CCCCB(O)O.CCCCc1ncc(N)cc1F.CCCCc1ncc(N)cc1F.Nc1cnc(Br)c(F)c1. The number of rotatable bonds is 9. The molecule has 0 saturated heterocycles. The highest BCUT2D eigenvalue weighted by atomic mass is 79.9. The van der Waals surface area contributed by atoms with Gasteiger partial charge < -0.3 is 27.2 Å². The van der Waals surface area contributed by atoms with E-state index in [0.717, 1.165) is 38.5 Å². The maximum absolute atomic E-state index is 13.0. The molecule has 0 spiro atoms. The lowest BCUT2D eigenvalue weighted by molar-refractivity contribution is 0.403. The van der Waals surface area contributed by atoms with Crippen molar-refractivity contribution in [3.05, 3.63) is 70.2 Å². The highest BCUT2D eigenvalue weighted by molar-refractivity contribution is 9.10. The minimum Gasteiger partial charge on any atom is -0.427 e. The molecule has 40 heavy (non-hydrogen) atoms. The Bertz CT molecular complexity index is 1060. The third-order valence-electron chi connectivity index (χ3n) is 5.04. The van der Waals surface area contributed by atoms with E-state index >= 15 is 0 Å². The molecule has 0 aliphatic heterocycles. The number of anilines is 3. The number of unbranched alkanes of at least 4 members (excludes halogenated alkanes) is 3. The van der Waals surface area contributed by atoms with Crippen LogP contribution < -0.4 is 17.2 Å². The van der Waals surface area contributed by atoms with Crippen LogP contribution in [0.2, 0.25) is 6.32 Å². The van der Waals surface area contributed by atoms with E-state index < -0.39 is 12.9 Å². The molecule has 222 valence electrons. The van der Waals surface area contributed by atoms with Gasteiger partial charge in [0.1, 0.15) is 16.2 Å². The van der Waals surface area contributed by atoms with Gasteiger partial charge in [-0.25, -0.2) is 18.2 Å². The predicted octanol–water partition coefficient (Wildman–Crippen LogP) is 6.12. The Hall–Kier alpha value is -2.90. The summed E-state index contributed by atoms with van der Waals surface area (Å²) in [7, 11) is -1.10. The number of halogens is 4. The van der Waals surface area contributed by atoms with Gasteiger partial charge in [-0.3, -0.25) is 9.97 Å². The number of aromatic nitrogens is 3. The molecule has 0 aromatic carbocycles. The Balaban J connectivity index is 0.000000518. The van der Waals surface area contributed by atoms with Crippen LogP contribution in [0.25, 0.3) is 0 Å². The summed E-state index contributed by atoms with van der Waals surface area (Å²) in [6.07, 6.45) is 12.2. The third kappa shape index (κ3) is 17.6. The standard InChI is InChI=1S/2C9H13FN2.C5H4BrFN2.C4H11BO2/c2*1-2-3-4-9-8(10)5-7(11)6-12-9;6-5-4(7)1-3(8)2-9-5;1-2-3-4-5(6)7/h2*5-6H,2-4,11H2,1H3;1-2H,8H2;6-7H,2-4H2,1H3. The monoisotopic (exact) mass is 628 g/mol. The highest BCUT2D eigenvalue weighted by Crippen LogP contribution is 2.13. The molecule has 0 fully saturated rings.